The molecule has 1 aliphatic carbocycles. The van der Waals surface area contributed by atoms with Crippen LogP contribution in [0.3, 0.4) is 0 Å². The fourth-order valence-electron chi connectivity index (χ4n) is 3.67. The van der Waals surface area contributed by atoms with E-state index in [0.29, 0.717) is 39.6 Å². The van der Waals surface area contributed by atoms with Gasteiger partial charge >= 0.3 is 5.69 Å². The third kappa shape index (κ3) is 5.52. The predicted molar refractivity (Wildman–Crippen MR) is 137 cm³/mol. The van der Waals surface area contributed by atoms with Gasteiger partial charge in [-0.3, -0.25) is 9.98 Å². The molecule has 0 bridgehead atoms. The Kier molecular flexibility index (Phi) is 6.66. The number of rotatable bonds is 9. The second-order valence-corrected chi connectivity index (χ2v) is 9.36. The van der Waals surface area contributed by atoms with Gasteiger partial charge in [0, 0.05) is 23.5 Å². The minimum absolute atomic E-state index is 0.240. The molecule has 0 spiro atoms. The SMILES string of the molecule is CN(C)CCCOc1ccc(Nc2cc(=NC3CC3)n3nc/c(=C\c4[nH]c(=O)[nH]c4O)c3n2)cc1Cl. The molecule has 4 N–H and O–H groups in total. The lowest BCUT2D eigenvalue weighted by molar-refractivity contribution is 0.282. The molecule has 0 unspecified atom stereocenters. The Bertz CT molecular complexity index is 1570. The zero-order chi connectivity index (χ0) is 25.2. The number of nitrogens with zero attached hydrogens (tertiary/aromatic N) is 5. The van der Waals surface area contributed by atoms with Crippen LogP contribution in [0.25, 0.3) is 11.7 Å². The molecule has 1 saturated carbocycles. The average Bonchev–Trinajstić information content (AvgIpc) is 3.46. The summed E-state index contributed by atoms with van der Waals surface area (Å²) in [7, 11) is 4.05. The summed E-state index contributed by atoms with van der Waals surface area (Å²) < 4.78 is 7.46. The molecular formula is C24H27ClN8O3. The molecule has 36 heavy (non-hydrogen) atoms. The van der Waals surface area contributed by atoms with Gasteiger partial charge in [0.15, 0.2) is 11.1 Å². The van der Waals surface area contributed by atoms with Crippen molar-refractivity contribution in [3.05, 3.63) is 62.4 Å². The summed E-state index contributed by atoms with van der Waals surface area (Å²) in [5.41, 5.74) is 1.66. The average molecular weight is 511 g/mol. The third-order valence-electron chi connectivity index (χ3n) is 5.59. The lowest BCUT2D eigenvalue weighted by Gasteiger charge is -2.12. The molecule has 0 saturated heterocycles. The highest BCUT2D eigenvalue weighted by Gasteiger charge is 2.20. The van der Waals surface area contributed by atoms with Gasteiger partial charge in [0.1, 0.15) is 17.3 Å². The summed E-state index contributed by atoms with van der Waals surface area (Å²) in [6.45, 7) is 1.52. The molecule has 0 amide bonds. The number of H-pyrrole nitrogens is 2. The minimum Gasteiger partial charge on any atom is -0.493 e. The van der Waals surface area contributed by atoms with E-state index in [4.69, 9.17) is 26.3 Å². The van der Waals surface area contributed by atoms with Crippen molar-refractivity contribution in [1.29, 1.82) is 0 Å². The molecule has 0 radical (unpaired) electrons. The first-order chi connectivity index (χ1) is 17.4. The van der Waals surface area contributed by atoms with E-state index in [1.165, 1.54) is 0 Å². The van der Waals surface area contributed by atoms with E-state index in [0.717, 1.165) is 31.5 Å². The first kappa shape index (κ1) is 23.9. The number of aromatic hydroxyl groups is 1. The maximum Gasteiger partial charge on any atom is 0.326 e. The summed E-state index contributed by atoms with van der Waals surface area (Å²) in [6.07, 6.45) is 6.20. The number of ether oxygens (including phenoxy) is 1. The van der Waals surface area contributed by atoms with Crippen molar-refractivity contribution in [1.82, 2.24) is 29.5 Å². The fraction of sp³-hybridized carbons (Fsp3) is 0.333. The number of aromatic nitrogens is 5. The molecule has 3 heterocycles. The standard InChI is InChI=1S/C24H27ClN8O3/c1-32(2)8-3-9-36-19-7-6-16(11-17(19)25)27-20-12-21(28-15-4-5-15)33-22(30-20)14(13-26-33)10-18-23(34)31-24(35)29-18/h6-7,10-13,15,27,34H,3-5,8-9H2,1-2H3,(H2,29,31,35)/b14-10+,28-21?. The van der Waals surface area contributed by atoms with Crippen LogP contribution >= 0.6 is 11.6 Å². The molecule has 11 nitrogen and oxygen atoms in total. The Morgan fingerprint density at radius 2 is 2.17 bits per heavy atom. The second-order valence-electron chi connectivity index (χ2n) is 8.96. The van der Waals surface area contributed by atoms with Gasteiger partial charge < -0.3 is 25.0 Å². The lowest BCUT2D eigenvalue weighted by atomic mass is 10.3. The molecule has 1 aliphatic rings. The number of hydrogen-bond donors (Lipinski definition) is 4. The quantitative estimate of drug-likeness (QED) is 0.252. The number of imidazole rings is 1. The Hall–Kier alpha value is -3.83. The Labute approximate surface area is 211 Å². The van der Waals surface area contributed by atoms with E-state index >= 15 is 0 Å². The van der Waals surface area contributed by atoms with Crippen molar-refractivity contribution in [2.24, 2.45) is 4.99 Å². The topological polar surface area (TPSA) is 136 Å². The van der Waals surface area contributed by atoms with Crippen molar-refractivity contribution < 1.29 is 9.84 Å². The molecule has 1 fully saturated rings. The van der Waals surface area contributed by atoms with Gasteiger partial charge in [0.25, 0.3) is 0 Å². The van der Waals surface area contributed by atoms with Gasteiger partial charge in [-0.25, -0.2) is 9.78 Å². The molecule has 0 atom stereocenters. The van der Waals surface area contributed by atoms with E-state index in [-0.39, 0.29) is 17.6 Å². The van der Waals surface area contributed by atoms with Crippen LogP contribution in [0.15, 0.2) is 40.2 Å². The third-order valence-corrected chi connectivity index (χ3v) is 5.88. The number of halogens is 1. The number of nitrogens with one attached hydrogen (secondary N) is 3. The van der Waals surface area contributed by atoms with Crippen molar-refractivity contribution in [2.75, 3.05) is 32.6 Å². The molecule has 5 rings (SSSR count). The van der Waals surface area contributed by atoms with Crippen molar-refractivity contribution in [3.8, 4) is 11.6 Å². The molecule has 3 aromatic heterocycles. The van der Waals surface area contributed by atoms with Gasteiger partial charge in [0.2, 0.25) is 5.88 Å². The van der Waals surface area contributed by atoms with Gasteiger partial charge in [0.05, 0.1) is 23.9 Å². The van der Waals surface area contributed by atoms with Crippen LogP contribution in [-0.2, 0) is 0 Å². The van der Waals surface area contributed by atoms with E-state index in [9.17, 15) is 9.90 Å². The van der Waals surface area contributed by atoms with Crippen LogP contribution in [0.1, 0.15) is 25.0 Å². The normalized spacial score (nSPS) is 14.8. The molecule has 188 valence electrons. The fourth-order valence-corrected chi connectivity index (χ4v) is 3.90. The lowest BCUT2D eigenvalue weighted by Crippen LogP contribution is -2.19. The summed E-state index contributed by atoms with van der Waals surface area (Å²) in [5.74, 6) is 0.927. The highest BCUT2D eigenvalue weighted by molar-refractivity contribution is 6.32. The maximum atomic E-state index is 11.5. The maximum absolute atomic E-state index is 11.5. The zero-order valence-corrected chi connectivity index (χ0v) is 20.7. The molecule has 4 aromatic rings. The number of hydrogen-bond acceptors (Lipinski definition) is 8. The number of aromatic amines is 2. The Balaban J connectivity index is 1.46. The highest BCUT2D eigenvalue weighted by Crippen LogP contribution is 2.29. The van der Waals surface area contributed by atoms with Crippen molar-refractivity contribution in [2.45, 2.75) is 25.3 Å². The van der Waals surface area contributed by atoms with Gasteiger partial charge in [-0.15, -0.1) is 0 Å². The van der Waals surface area contributed by atoms with E-state index in [1.54, 1.807) is 22.9 Å². The molecule has 12 heteroatoms. The minimum atomic E-state index is -0.503. The van der Waals surface area contributed by atoms with E-state index in [1.807, 2.05) is 32.3 Å². The van der Waals surface area contributed by atoms with Crippen LogP contribution in [0.5, 0.6) is 11.6 Å². The largest absolute Gasteiger partial charge is 0.493 e. The number of anilines is 2. The summed E-state index contributed by atoms with van der Waals surface area (Å²) in [4.78, 5) is 28.0. The van der Waals surface area contributed by atoms with Gasteiger partial charge in [-0.2, -0.15) is 9.61 Å². The van der Waals surface area contributed by atoms with Crippen LogP contribution in [0, 0.1) is 0 Å². The smallest absolute Gasteiger partial charge is 0.326 e. The van der Waals surface area contributed by atoms with Crippen molar-refractivity contribution >= 4 is 34.8 Å². The summed E-state index contributed by atoms with van der Waals surface area (Å²) >= 11 is 6.47. The first-order valence-corrected chi connectivity index (χ1v) is 12.0. The van der Waals surface area contributed by atoms with Gasteiger partial charge in [-0.1, -0.05) is 11.6 Å². The molecular weight excluding hydrogens is 484 g/mol. The molecule has 1 aromatic carbocycles. The highest BCUT2D eigenvalue weighted by atomic mass is 35.5. The van der Waals surface area contributed by atoms with Crippen LogP contribution in [-0.4, -0.2) is 67.9 Å². The van der Waals surface area contributed by atoms with Crippen LogP contribution in [0.2, 0.25) is 5.02 Å². The number of benzene rings is 1. The summed E-state index contributed by atoms with van der Waals surface area (Å²) in [6, 6.07) is 7.60. The van der Waals surface area contributed by atoms with E-state index < -0.39 is 5.69 Å². The van der Waals surface area contributed by atoms with Crippen molar-refractivity contribution in [3.63, 3.8) is 0 Å². The van der Waals surface area contributed by atoms with Crippen LogP contribution < -0.4 is 26.4 Å². The number of fused-ring (bicyclic) bond motifs is 1. The predicted octanol–water partition coefficient (Wildman–Crippen LogP) is 1.79. The second kappa shape index (κ2) is 10.0. The van der Waals surface area contributed by atoms with Gasteiger partial charge in [-0.05, 0) is 57.6 Å². The monoisotopic (exact) mass is 510 g/mol. The Morgan fingerprint density at radius 3 is 2.86 bits per heavy atom. The Morgan fingerprint density at radius 1 is 1.33 bits per heavy atom. The zero-order valence-electron chi connectivity index (χ0n) is 20.0. The first-order valence-electron chi connectivity index (χ1n) is 11.7. The van der Waals surface area contributed by atoms with E-state index in [2.05, 4.69) is 25.3 Å². The summed E-state index contributed by atoms with van der Waals surface area (Å²) in [5, 5.41) is 18.8. The van der Waals surface area contributed by atoms with Crippen LogP contribution in [0.4, 0.5) is 11.5 Å². The molecule has 0 aliphatic heterocycles.